The van der Waals surface area contributed by atoms with Crippen molar-refractivity contribution in [2.24, 2.45) is 5.92 Å². The molecule has 0 bridgehead atoms. The smallest absolute Gasteiger partial charge is 0.323 e. The van der Waals surface area contributed by atoms with Gasteiger partial charge in [-0.15, -0.1) is 0 Å². The lowest BCUT2D eigenvalue weighted by Gasteiger charge is -2.11. The van der Waals surface area contributed by atoms with Crippen LogP contribution in [-0.4, -0.2) is 25.2 Å². The first-order valence-corrected chi connectivity index (χ1v) is 3.99. The Hall–Kier alpha value is -0.570. The van der Waals surface area contributed by atoms with Gasteiger partial charge in [0.15, 0.2) is 0 Å². The lowest BCUT2D eigenvalue weighted by Crippen LogP contribution is -2.37. The summed E-state index contributed by atoms with van der Waals surface area (Å²) in [4.78, 5) is 11.1. The van der Waals surface area contributed by atoms with Crippen LogP contribution >= 0.6 is 0 Å². The molecule has 0 aromatic heterocycles. The van der Waals surface area contributed by atoms with E-state index in [9.17, 15) is 4.79 Å². The Morgan fingerprint density at radius 2 is 2.18 bits per heavy atom. The first-order chi connectivity index (χ1) is 5.15. The molecule has 1 aliphatic heterocycles. The highest BCUT2D eigenvalue weighted by atomic mass is 16.5. The molecule has 1 saturated heterocycles. The summed E-state index contributed by atoms with van der Waals surface area (Å²) < 4.78 is 4.65. The number of ether oxygens (including phenoxy) is 1. The number of nitrogens with one attached hydrogen (secondary N) is 1. The van der Waals surface area contributed by atoms with Gasteiger partial charge in [-0.05, 0) is 19.3 Å². The summed E-state index contributed by atoms with van der Waals surface area (Å²) in [6.07, 6.45) is 1.06. The van der Waals surface area contributed by atoms with Crippen LogP contribution in [0.4, 0.5) is 0 Å². The molecule has 1 heterocycles. The second-order valence-corrected chi connectivity index (χ2v) is 3.28. The van der Waals surface area contributed by atoms with Crippen molar-refractivity contribution in [1.82, 2.24) is 5.32 Å². The average molecular weight is 157 g/mol. The standard InChI is InChI=1S/C8H15NO2/c1-5-4-6(2)9-7(5)8(10)11-3/h5-7,9H,4H2,1-3H3/t5-,6-,7+/m1/s1. The molecule has 0 unspecified atom stereocenters. The quantitative estimate of drug-likeness (QED) is 0.565. The fraction of sp³-hybridized carbons (Fsp3) is 0.875. The molecule has 1 fully saturated rings. The molecule has 11 heavy (non-hydrogen) atoms. The molecule has 0 aromatic rings. The summed E-state index contributed by atoms with van der Waals surface area (Å²) in [5, 5.41) is 3.18. The zero-order valence-corrected chi connectivity index (χ0v) is 7.26. The van der Waals surface area contributed by atoms with Gasteiger partial charge < -0.3 is 10.1 Å². The molecule has 0 aromatic carbocycles. The Morgan fingerprint density at radius 3 is 2.55 bits per heavy atom. The molecule has 0 aliphatic carbocycles. The fourth-order valence-corrected chi connectivity index (χ4v) is 1.66. The predicted octanol–water partition coefficient (Wildman–Crippen LogP) is 0.546. The van der Waals surface area contributed by atoms with Crippen molar-refractivity contribution in [2.45, 2.75) is 32.4 Å². The Balaban J connectivity index is 2.52. The van der Waals surface area contributed by atoms with Crippen LogP contribution in [0.3, 0.4) is 0 Å². The molecule has 3 nitrogen and oxygen atoms in total. The third kappa shape index (κ3) is 1.71. The van der Waals surface area contributed by atoms with Crippen molar-refractivity contribution >= 4 is 5.97 Å². The van der Waals surface area contributed by atoms with E-state index in [1.807, 2.05) is 0 Å². The Morgan fingerprint density at radius 1 is 1.55 bits per heavy atom. The van der Waals surface area contributed by atoms with Gasteiger partial charge in [0.2, 0.25) is 0 Å². The topological polar surface area (TPSA) is 38.3 Å². The molecule has 0 amide bonds. The van der Waals surface area contributed by atoms with E-state index in [1.165, 1.54) is 7.11 Å². The molecule has 1 N–H and O–H groups in total. The van der Waals surface area contributed by atoms with Crippen molar-refractivity contribution in [2.75, 3.05) is 7.11 Å². The van der Waals surface area contributed by atoms with Gasteiger partial charge in [0.25, 0.3) is 0 Å². The molecular weight excluding hydrogens is 142 g/mol. The lowest BCUT2D eigenvalue weighted by molar-refractivity contribution is -0.143. The van der Waals surface area contributed by atoms with Crippen LogP contribution in [-0.2, 0) is 9.53 Å². The van der Waals surface area contributed by atoms with Gasteiger partial charge in [-0.2, -0.15) is 0 Å². The van der Waals surface area contributed by atoms with Gasteiger partial charge >= 0.3 is 5.97 Å². The van der Waals surface area contributed by atoms with Crippen LogP contribution in [0.5, 0.6) is 0 Å². The molecule has 3 atom stereocenters. The van der Waals surface area contributed by atoms with Crippen molar-refractivity contribution in [3.8, 4) is 0 Å². The molecule has 0 spiro atoms. The van der Waals surface area contributed by atoms with Crippen LogP contribution < -0.4 is 5.32 Å². The van der Waals surface area contributed by atoms with Crippen LogP contribution in [0.25, 0.3) is 0 Å². The van der Waals surface area contributed by atoms with E-state index < -0.39 is 0 Å². The van der Waals surface area contributed by atoms with E-state index in [2.05, 4.69) is 23.9 Å². The van der Waals surface area contributed by atoms with E-state index in [0.717, 1.165) is 6.42 Å². The second kappa shape index (κ2) is 3.22. The number of carbonyl (C=O) groups is 1. The van der Waals surface area contributed by atoms with Gasteiger partial charge in [0, 0.05) is 6.04 Å². The summed E-state index contributed by atoms with van der Waals surface area (Å²) in [5.41, 5.74) is 0. The SMILES string of the molecule is COC(=O)[C@H]1N[C@H](C)C[C@H]1C. The zero-order chi connectivity index (χ0) is 8.43. The van der Waals surface area contributed by atoms with Crippen molar-refractivity contribution in [3.05, 3.63) is 0 Å². The van der Waals surface area contributed by atoms with E-state index in [1.54, 1.807) is 0 Å². The minimum atomic E-state index is -0.137. The molecule has 3 heteroatoms. The van der Waals surface area contributed by atoms with Gasteiger partial charge in [-0.25, -0.2) is 0 Å². The van der Waals surface area contributed by atoms with Crippen LogP contribution in [0, 0.1) is 5.92 Å². The van der Waals surface area contributed by atoms with Crippen LogP contribution in [0.2, 0.25) is 0 Å². The average Bonchev–Trinajstić information content (AvgIpc) is 2.28. The van der Waals surface area contributed by atoms with Crippen LogP contribution in [0.1, 0.15) is 20.3 Å². The Labute approximate surface area is 67.1 Å². The third-order valence-electron chi connectivity index (χ3n) is 2.21. The molecule has 1 aliphatic rings. The van der Waals surface area contributed by atoms with E-state index >= 15 is 0 Å². The Bertz CT molecular complexity index is 158. The first-order valence-electron chi connectivity index (χ1n) is 3.99. The third-order valence-corrected chi connectivity index (χ3v) is 2.21. The summed E-state index contributed by atoms with van der Waals surface area (Å²) in [7, 11) is 1.43. The normalized spacial score (nSPS) is 37.2. The number of hydrogen-bond acceptors (Lipinski definition) is 3. The van der Waals surface area contributed by atoms with E-state index in [0.29, 0.717) is 12.0 Å². The minimum absolute atomic E-state index is 0.0880. The largest absolute Gasteiger partial charge is 0.468 e. The monoisotopic (exact) mass is 157 g/mol. The maximum Gasteiger partial charge on any atom is 0.323 e. The highest BCUT2D eigenvalue weighted by Gasteiger charge is 2.33. The molecule has 0 radical (unpaired) electrons. The summed E-state index contributed by atoms with van der Waals surface area (Å²) in [6.45, 7) is 4.15. The highest BCUT2D eigenvalue weighted by molar-refractivity contribution is 5.76. The van der Waals surface area contributed by atoms with Gasteiger partial charge in [-0.3, -0.25) is 4.79 Å². The molecular formula is C8H15NO2. The number of rotatable bonds is 1. The zero-order valence-electron chi connectivity index (χ0n) is 7.26. The van der Waals surface area contributed by atoms with Crippen molar-refractivity contribution in [3.63, 3.8) is 0 Å². The maximum absolute atomic E-state index is 11.1. The summed E-state index contributed by atoms with van der Waals surface area (Å²) in [6, 6.07) is 0.351. The summed E-state index contributed by atoms with van der Waals surface area (Å²) >= 11 is 0. The van der Waals surface area contributed by atoms with E-state index in [4.69, 9.17) is 0 Å². The molecule has 0 saturated carbocycles. The molecule has 1 rings (SSSR count). The maximum atomic E-state index is 11.1. The number of esters is 1. The van der Waals surface area contributed by atoms with Gasteiger partial charge in [0.1, 0.15) is 6.04 Å². The number of carbonyl (C=O) groups excluding carboxylic acids is 1. The number of hydrogen-bond donors (Lipinski definition) is 1. The fourth-order valence-electron chi connectivity index (χ4n) is 1.66. The highest BCUT2D eigenvalue weighted by Crippen LogP contribution is 2.19. The molecule has 64 valence electrons. The first kappa shape index (κ1) is 8.53. The van der Waals surface area contributed by atoms with Gasteiger partial charge in [-0.1, -0.05) is 6.92 Å². The second-order valence-electron chi connectivity index (χ2n) is 3.28. The van der Waals surface area contributed by atoms with Crippen LogP contribution in [0.15, 0.2) is 0 Å². The lowest BCUT2D eigenvalue weighted by atomic mass is 10.0. The van der Waals surface area contributed by atoms with E-state index in [-0.39, 0.29) is 12.0 Å². The van der Waals surface area contributed by atoms with Crippen molar-refractivity contribution < 1.29 is 9.53 Å². The van der Waals surface area contributed by atoms with Crippen molar-refractivity contribution in [1.29, 1.82) is 0 Å². The van der Waals surface area contributed by atoms with Gasteiger partial charge in [0.05, 0.1) is 7.11 Å². The predicted molar refractivity (Wildman–Crippen MR) is 42.2 cm³/mol. The summed E-state index contributed by atoms with van der Waals surface area (Å²) in [5.74, 6) is 0.263. The number of methoxy groups -OCH3 is 1. The Kier molecular flexibility index (Phi) is 2.49. The minimum Gasteiger partial charge on any atom is -0.468 e.